The van der Waals surface area contributed by atoms with E-state index in [1.54, 1.807) is 18.4 Å². The van der Waals surface area contributed by atoms with E-state index in [1.807, 2.05) is 12.5 Å². The van der Waals surface area contributed by atoms with Gasteiger partial charge in [0.15, 0.2) is 0 Å². The Morgan fingerprint density at radius 1 is 1.43 bits per heavy atom. The average molecular weight is 308 g/mol. The molecule has 1 unspecified atom stereocenters. The third kappa shape index (κ3) is 3.90. The van der Waals surface area contributed by atoms with Gasteiger partial charge >= 0.3 is 0 Å². The maximum Gasteiger partial charge on any atom is 0.116 e. The Labute approximate surface area is 130 Å². The van der Waals surface area contributed by atoms with Gasteiger partial charge in [0.1, 0.15) is 11.0 Å². The molecule has 0 saturated carbocycles. The fourth-order valence-corrected chi connectivity index (χ4v) is 3.26. The van der Waals surface area contributed by atoms with Crippen LogP contribution in [0.15, 0.2) is 12.5 Å². The predicted molar refractivity (Wildman–Crippen MR) is 85.8 cm³/mol. The van der Waals surface area contributed by atoms with Crippen LogP contribution in [0, 0.1) is 13.8 Å². The number of nitrogens with one attached hydrogen (secondary N) is 1. The normalized spacial score (nSPS) is 12.8. The summed E-state index contributed by atoms with van der Waals surface area (Å²) in [5.41, 5.74) is 2.27. The number of aryl methyl sites for hydroxylation is 3. The smallest absolute Gasteiger partial charge is 0.116 e. The first-order valence-corrected chi connectivity index (χ1v) is 8.15. The lowest BCUT2D eigenvalue weighted by Gasteiger charge is -2.18. The monoisotopic (exact) mass is 308 g/mol. The second-order valence-corrected chi connectivity index (χ2v) is 6.32. The number of thiazole rings is 1. The minimum absolute atomic E-state index is 0.0756. The lowest BCUT2D eigenvalue weighted by Crippen LogP contribution is -2.27. The zero-order chi connectivity index (χ0) is 15.2. The third-order valence-corrected chi connectivity index (χ3v) is 4.59. The molecule has 0 aliphatic rings. The van der Waals surface area contributed by atoms with Crippen LogP contribution in [0.4, 0.5) is 0 Å². The minimum Gasteiger partial charge on any atom is -0.383 e. The van der Waals surface area contributed by atoms with Crippen molar-refractivity contribution in [3.8, 4) is 0 Å². The van der Waals surface area contributed by atoms with Crippen LogP contribution in [-0.4, -0.2) is 34.8 Å². The first-order valence-electron chi connectivity index (χ1n) is 7.33. The molecule has 2 aromatic rings. The highest BCUT2D eigenvalue weighted by Gasteiger charge is 2.21. The van der Waals surface area contributed by atoms with Gasteiger partial charge < -0.3 is 14.6 Å². The molecule has 0 aromatic carbocycles. The van der Waals surface area contributed by atoms with Gasteiger partial charge in [-0.2, -0.15) is 0 Å². The minimum atomic E-state index is 0.0756. The van der Waals surface area contributed by atoms with Crippen molar-refractivity contribution in [3.05, 3.63) is 33.8 Å². The molecule has 0 saturated heterocycles. The van der Waals surface area contributed by atoms with E-state index in [0.717, 1.165) is 30.2 Å². The van der Waals surface area contributed by atoms with Gasteiger partial charge in [-0.3, -0.25) is 0 Å². The summed E-state index contributed by atoms with van der Waals surface area (Å²) in [5.74, 6) is 0. The summed E-state index contributed by atoms with van der Waals surface area (Å²) in [7, 11) is 1.72. The zero-order valence-corrected chi connectivity index (χ0v) is 14.0. The van der Waals surface area contributed by atoms with Gasteiger partial charge in [-0.15, -0.1) is 11.3 Å². The predicted octanol–water partition coefficient (Wildman–Crippen LogP) is 2.69. The molecule has 0 fully saturated rings. The van der Waals surface area contributed by atoms with Gasteiger partial charge in [0.05, 0.1) is 30.5 Å². The molecule has 0 spiro atoms. The lowest BCUT2D eigenvalue weighted by atomic mass is 10.2. The number of ether oxygens (including phenoxy) is 1. The van der Waals surface area contributed by atoms with E-state index < -0.39 is 0 Å². The molecule has 0 bridgehead atoms. The zero-order valence-electron chi connectivity index (χ0n) is 13.2. The summed E-state index contributed by atoms with van der Waals surface area (Å²) < 4.78 is 7.36. The van der Waals surface area contributed by atoms with Crippen LogP contribution in [-0.2, 0) is 11.3 Å². The van der Waals surface area contributed by atoms with Crippen LogP contribution in [0.3, 0.4) is 0 Å². The number of hydrogen-bond donors (Lipinski definition) is 1. The summed E-state index contributed by atoms with van der Waals surface area (Å²) in [4.78, 5) is 10.3. The van der Waals surface area contributed by atoms with Crippen molar-refractivity contribution in [2.75, 3.05) is 20.3 Å². The van der Waals surface area contributed by atoms with Crippen molar-refractivity contribution in [3.63, 3.8) is 0 Å². The number of rotatable bonds is 8. The molecule has 1 N–H and O–H groups in total. The number of aromatic nitrogens is 3. The van der Waals surface area contributed by atoms with Crippen molar-refractivity contribution >= 4 is 11.3 Å². The Hall–Kier alpha value is -1.24. The van der Waals surface area contributed by atoms with Crippen molar-refractivity contribution in [2.45, 2.75) is 39.8 Å². The van der Waals surface area contributed by atoms with E-state index >= 15 is 0 Å². The van der Waals surface area contributed by atoms with Crippen LogP contribution in [0.5, 0.6) is 0 Å². The molecular formula is C15H24N4OS. The van der Waals surface area contributed by atoms with Crippen molar-refractivity contribution < 1.29 is 4.74 Å². The Morgan fingerprint density at radius 2 is 2.24 bits per heavy atom. The first-order chi connectivity index (χ1) is 10.2. The molecule has 0 radical (unpaired) electrons. The van der Waals surface area contributed by atoms with E-state index in [0.29, 0.717) is 6.61 Å². The van der Waals surface area contributed by atoms with Crippen molar-refractivity contribution in [1.29, 1.82) is 0 Å². The summed E-state index contributed by atoms with van der Waals surface area (Å²) in [5, 5.41) is 4.64. The molecule has 2 rings (SSSR count). The highest BCUT2D eigenvalue weighted by Crippen LogP contribution is 2.28. The SMILES string of the molecule is CCCn1cncc1C(NCCOC)c1nc(C)c(C)s1. The molecular weight excluding hydrogens is 284 g/mol. The fourth-order valence-electron chi connectivity index (χ4n) is 2.24. The third-order valence-electron chi connectivity index (χ3n) is 3.45. The Kier molecular flexibility index (Phi) is 5.90. The molecule has 0 aliphatic carbocycles. The van der Waals surface area contributed by atoms with Gasteiger partial charge in [0, 0.05) is 25.1 Å². The van der Waals surface area contributed by atoms with Crippen molar-refractivity contribution in [1.82, 2.24) is 19.9 Å². The second-order valence-electron chi connectivity index (χ2n) is 5.09. The lowest BCUT2D eigenvalue weighted by molar-refractivity contribution is 0.197. The topological polar surface area (TPSA) is 52.0 Å². The molecule has 21 heavy (non-hydrogen) atoms. The van der Waals surface area contributed by atoms with E-state index in [9.17, 15) is 0 Å². The van der Waals surface area contributed by atoms with Crippen LogP contribution in [0.2, 0.25) is 0 Å². The number of methoxy groups -OCH3 is 1. The van der Waals surface area contributed by atoms with E-state index in [2.05, 4.69) is 35.6 Å². The molecule has 0 amide bonds. The molecule has 1 atom stereocenters. The van der Waals surface area contributed by atoms with Gasteiger partial charge in [-0.1, -0.05) is 6.92 Å². The van der Waals surface area contributed by atoms with E-state index in [4.69, 9.17) is 9.72 Å². The number of hydrogen-bond acceptors (Lipinski definition) is 5. The second kappa shape index (κ2) is 7.68. The number of nitrogens with zero attached hydrogens (tertiary/aromatic N) is 3. The molecule has 6 heteroatoms. The van der Waals surface area contributed by atoms with Crippen LogP contribution in [0.25, 0.3) is 0 Å². The highest BCUT2D eigenvalue weighted by molar-refractivity contribution is 7.11. The molecule has 116 valence electrons. The average Bonchev–Trinajstić information content (AvgIpc) is 3.03. The van der Waals surface area contributed by atoms with Crippen LogP contribution in [0.1, 0.15) is 40.7 Å². The molecule has 2 aromatic heterocycles. The van der Waals surface area contributed by atoms with E-state index in [1.165, 1.54) is 10.6 Å². The Balaban J connectivity index is 2.28. The standard InChI is InChI=1S/C15H24N4OS/c1-5-7-19-10-16-9-13(19)14(17-6-8-20-4)15-18-11(2)12(3)21-15/h9-10,14,17H,5-8H2,1-4H3. The maximum atomic E-state index is 5.15. The largest absolute Gasteiger partial charge is 0.383 e. The van der Waals surface area contributed by atoms with E-state index in [-0.39, 0.29) is 6.04 Å². The summed E-state index contributed by atoms with van der Waals surface area (Å²) in [6.07, 6.45) is 4.92. The van der Waals surface area contributed by atoms with Gasteiger partial charge in [0.25, 0.3) is 0 Å². The highest BCUT2D eigenvalue weighted by atomic mass is 32.1. The van der Waals surface area contributed by atoms with Gasteiger partial charge in [-0.25, -0.2) is 9.97 Å². The summed E-state index contributed by atoms with van der Waals surface area (Å²) in [6, 6.07) is 0.0756. The summed E-state index contributed by atoms with van der Waals surface area (Å²) in [6.45, 7) is 8.80. The quantitative estimate of drug-likeness (QED) is 0.762. The Bertz CT molecular complexity index is 544. The Morgan fingerprint density at radius 3 is 2.86 bits per heavy atom. The first kappa shape index (κ1) is 16.1. The van der Waals surface area contributed by atoms with Gasteiger partial charge in [0.2, 0.25) is 0 Å². The molecule has 5 nitrogen and oxygen atoms in total. The summed E-state index contributed by atoms with van der Waals surface area (Å²) >= 11 is 1.75. The maximum absolute atomic E-state index is 5.15. The molecule has 0 aliphatic heterocycles. The van der Waals surface area contributed by atoms with Gasteiger partial charge in [-0.05, 0) is 20.3 Å². The van der Waals surface area contributed by atoms with Crippen molar-refractivity contribution in [2.24, 2.45) is 0 Å². The molecule has 2 heterocycles. The van der Waals surface area contributed by atoms with Crippen LogP contribution < -0.4 is 5.32 Å². The fraction of sp³-hybridized carbons (Fsp3) is 0.600. The number of imidazole rings is 1. The van der Waals surface area contributed by atoms with Crippen LogP contribution >= 0.6 is 11.3 Å².